The summed E-state index contributed by atoms with van der Waals surface area (Å²) in [4.78, 5) is 14.0. The van der Waals surface area contributed by atoms with Crippen molar-refractivity contribution in [1.29, 1.82) is 0 Å². The van der Waals surface area contributed by atoms with E-state index < -0.39 is 6.17 Å². The van der Waals surface area contributed by atoms with E-state index in [9.17, 15) is 4.79 Å². The molecule has 0 spiro atoms. The minimum Gasteiger partial charge on any atom is -0.379 e. The van der Waals surface area contributed by atoms with E-state index in [1.165, 1.54) is 0 Å². The van der Waals surface area contributed by atoms with E-state index >= 15 is 4.39 Å². The zero-order valence-electron chi connectivity index (χ0n) is 22.6. The second kappa shape index (κ2) is 12.6. The van der Waals surface area contributed by atoms with Gasteiger partial charge in [0.2, 0.25) is 5.91 Å². The molecule has 9 heteroatoms. The maximum atomic E-state index is 15.2. The number of alkyl halides is 1. The highest BCUT2D eigenvalue weighted by Crippen LogP contribution is 2.41. The molecule has 206 valence electrons. The highest BCUT2D eigenvalue weighted by atomic mass is 19.1. The molecule has 3 aliphatic carbocycles. The van der Waals surface area contributed by atoms with Gasteiger partial charge in [-0.1, -0.05) is 12.8 Å². The Labute approximate surface area is 215 Å². The predicted octanol–water partition coefficient (Wildman–Crippen LogP) is 3.76. The van der Waals surface area contributed by atoms with Crippen molar-refractivity contribution in [2.75, 3.05) is 35.5 Å². The molecule has 3 fully saturated rings. The molecule has 8 unspecified atom stereocenters. The molecule has 8 nitrogen and oxygen atoms in total. The average Bonchev–Trinajstić information content (AvgIpc) is 3.36. The smallest absolute Gasteiger partial charge is 0.246 e. The quantitative estimate of drug-likeness (QED) is 0.493. The fourth-order valence-electron chi connectivity index (χ4n) is 7.13. The van der Waals surface area contributed by atoms with Crippen molar-refractivity contribution in [3.8, 4) is 0 Å². The lowest BCUT2D eigenvalue weighted by Crippen LogP contribution is -2.52. The van der Waals surface area contributed by atoms with E-state index in [4.69, 9.17) is 28.8 Å². The zero-order valence-corrected chi connectivity index (χ0v) is 22.6. The Kier molecular flexibility index (Phi) is 9.77. The Hall–Kier alpha value is -1.13. The summed E-state index contributed by atoms with van der Waals surface area (Å²) in [5, 5.41) is 6.63. The van der Waals surface area contributed by atoms with Gasteiger partial charge >= 0.3 is 0 Å². The van der Waals surface area contributed by atoms with Gasteiger partial charge in [0.25, 0.3) is 0 Å². The van der Waals surface area contributed by atoms with Crippen LogP contribution in [-0.2, 0) is 28.5 Å². The molecule has 0 aromatic rings. The maximum absolute atomic E-state index is 15.2. The first-order chi connectivity index (χ1) is 17.4. The summed E-state index contributed by atoms with van der Waals surface area (Å²) < 4.78 is 43.6. The number of carbonyl (C=O) groups is 1. The molecule has 1 amide bonds. The largest absolute Gasteiger partial charge is 0.379 e. The lowest BCUT2D eigenvalue weighted by molar-refractivity contribution is -0.161. The van der Waals surface area contributed by atoms with Crippen LogP contribution in [-0.4, -0.2) is 94.9 Å². The van der Waals surface area contributed by atoms with Gasteiger partial charge in [-0.25, -0.2) is 9.40 Å². The molecule has 0 aromatic heterocycles. The molecule has 0 radical (unpaired) electrons. The molecule has 0 saturated heterocycles. The molecule has 1 heterocycles. The Morgan fingerprint density at radius 3 is 2.03 bits per heavy atom. The topological polar surface area (TPSA) is 78.8 Å². The number of rotatable bonds is 8. The molecule has 4 aliphatic rings. The van der Waals surface area contributed by atoms with Crippen LogP contribution in [0.2, 0.25) is 0 Å². The number of hydrogen-bond donors (Lipinski definition) is 0. The Bertz CT molecular complexity index is 755. The lowest BCUT2D eigenvalue weighted by atomic mass is 9.76. The first-order valence-electron chi connectivity index (χ1n) is 13.6. The normalized spacial score (nSPS) is 41.8. The third kappa shape index (κ3) is 5.65. The molecule has 0 aromatic carbocycles. The molecule has 8 atom stereocenters. The first kappa shape index (κ1) is 27.9. The maximum Gasteiger partial charge on any atom is 0.246 e. The van der Waals surface area contributed by atoms with Gasteiger partial charge in [0.15, 0.2) is 0 Å². The predicted molar refractivity (Wildman–Crippen MR) is 134 cm³/mol. The van der Waals surface area contributed by atoms with Gasteiger partial charge in [0.1, 0.15) is 12.3 Å². The SMILES string of the molecule is COC1CCC(C2=NN(C(=O)C3CC(OC)C(OC)C(OC)C3)C(C3CCCCC3F)C2)CC1OC. The van der Waals surface area contributed by atoms with Crippen LogP contribution in [0.15, 0.2) is 5.10 Å². The van der Waals surface area contributed by atoms with Crippen LogP contribution in [0.4, 0.5) is 4.39 Å². The zero-order chi connectivity index (χ0) is 25.8. The van der Waals surface area contributed by atoms with Crippen LogP contribution in [0.1, 0.15) is 64.2 Å². The van der Waals surface area contributed by atoms with Crippen LogP contribution < -0.4 is 0 Å². The van der Waals surface area contributed by atoms with Gasteiger partial charge in [-0.3, -0.25) is 4.79 Å². The van der Waals surface area contributed by atoms with Crippen LogP contribution in [0.25, 0.3) is 0 Å². The van der Waals surface area contributed by atoms with E-state index in [1.54, 1.807) is 40.6 Å². The lowest BCUT2D eigenvalue weighted by Gasteiger charge is -2.41. The number of hydrazone groups is 1. The standard InChI is InChI=1S/C27H45FN2O6/c1-32-22-11-10-16(12-23(22)33-2)20-15-21(18-8-6-7-9-19(18)28)30(29-20)27(31)17-13-24(34-3)26(36-5)25(14-17)35-4/h16-19,21-26H,6-15H2,1-5H3. The fourth-order valence-corrected chi connectivity index (χ4v) is 7.13. The van der Waals surface area contributed by atoms with E-state index in [2.05, 4.69) is 0 Å². The third-order valence-corrected chi connectivity index (χ3v) is 9.22. The van der Waals surface area contributed by atoms with E-state index in [0.29, 0.717) is 25.7 Å². The molecule has 4 rings (SSSR count). The summed E-state index contributed by atoms with van der Waals surface area (Å²) in [6.45, 7) is 0. The van der Waals surface area contributed by atoms with Crippen molar-refractivity contribution in [3.05, 3.63) is 0 Å². The summed E-state index contributed by atoms with van der Waals surface area (Å²) in [6, 6.07) is -0.230. The van der Waals surface area contributed by atoms with Crippen molar-refractivity contribution in [2.24, 2.45) is 22.9 Å². The molecular formula is C27H45FN2O6. The second-order valence-corrected chi connectivity index (χ2v) is 11.0. The van der Waals surface area contributed by atoms with Gasteiger partial charge in [-0.15, -0.1) is 0 Å². The Morgan fingerprint density at radius 1 is 0.806 bits per heavy atom. The van der Waals surface area contributed by atoms with Gasteiger partial charge in [0, 0.05) is 65.4 Å². The number of ether oxygens (including phenoxy) is 5. The third-order valence-electron chi connectivity index (χ3n) is 9.22. The summed E-state index contributed by atoms with van der Waals surface area (Å²) in [5.41, 5.74) is 1.01. The Balaban J connectivity index is 1.57. The van der Waals surface area contributed by atoms with E-state index in [0.717, 1.165) is 44.2 Å². The summed E-state index contributed by atoms with van der Waals surface area (Å²) >= 11 is 0. The van der Waals surface area contributed by atoms with Crippen LogP contribution in [0.3, 0.4) is 0 Å². The van der Waals surface area contributed by atoms with Crippen molar-refractivity contribution in [2.45, 2.75) is 107 Å². The van der Waals surface area contributed by atoms with Crippen LogP contribution in [0, 0.1) is 17.8 Å². The minimum absolute atomic E-state index is 0.00232. The Morgan fingerprint density at radius 2 is 1.44 bits per heavy atom. The van der Waals surface area contributed by atoms with Crippen molar-refractivity contribution in [1.82, 2.24) is 5.01 Å². The minimum atomic E-state index is -0.896. The van der Waals surface area contributed by atoms with E-state index in [-0.39, 0.29) is 60.2 Å². The second-order valence-electron chi connectivity index (χ2n) is 11.0. The number of hydrogen-bond acceptors (Lipinski definition) is 7. The molecular weight excluding hydrogens is 467 g/mol. The number of nitrogens with zero attached hydrogens (tertiary/aromatic N) is 2. The van der Waals surface area contributed by atoms with Gasteiger partial charge in [-0.05, 0) is 44.9 Å². The van der Waals surface area contributed by atoms with E-state index in [1.807, 2.05) is 0 Å². The first-order valence-corrected chi connectivity index (χ1v) is 13.6. The molecule has 0 bridgehead atoms. The van der Waals surface area contributed by atoms with Crippen molar-refractivity contribution < 1.29 is 32.9 Å². The van der Waals surface area contributed by atoms with Crippen LogP contribution in [0.5, 0.6) is 0 Å². The molecule has 36 heavy (non-hydrogen) atoms. The summed E-state index contributed by atoms with van der Waals surface area (Å²) in [7, 11) is 8.38. The highest BCUT2D eigenvalue weighted by Gasteiger charge is 2.48. The van der Waals surface area contributed by atoms with Gasteiger partial charge in [-0.2, -0.15) is 5.10 Å². The molecule has 1 aliphatic heterocycles. The van der Waals surface area contributed by atoms with Gasteiger partial charge < -0.3 is 23.7 Å². The summed E-state index contributed by atoms with van der Waals surface area (Å²) in [6.07, 6.45) is 6.08. The van der Waals surface area contributed by atoms with Crippen molar-refractivity contribution in [3.63, 3.8) is 0 Å². The number of carbonyl (C=O) groups excluding carboxylic acids is 1. The number of halogens is 1. The molecule has 0 N–H and O–H groups in total. The van der Waals surface area contributed by atoms with Gasteiger partial charge in [0.05, 0.1) is 30.5 Å². The van der Waals surface area contributed by atoms with Crippen LogP contribution >= 0.6 is 0 Å². The monoisotopic (exact) mass is 512 g/mol. The summed E-state index contributed by atoms with van der Waals surface area (Å²) in [5.74, 6) is -0.315. The highest BCUT2D eigenvalue weighted by molar-refractivity contribution is 5.92. The number of methoxy groups -OCH3 is 5. The van der Waals surface area contributed by atoms with Crippen molar-refractivity contribution >= 4 is 11.6 Å². The number of amides is 1. The molecule has 3 saturated carbocycles. The average molecular weight is 513 g/mol. The fraction of sp³-hybridized carbons (Fsp3) is 0.926.